The zero-order valence-corrected chi connectivity index (χ0v) is 14.7. The summed E-state index contributed by atoms with van der Waals surface area (Å²) < 4.78 is 1.80. The standard InChI is InChI=1S/C18H23N5O2/c1-4-5-14-16(18(19)20)17(15-10(2)22-25-11(15)3)23(21-14)12-6-8-13(24)9-7-12/h6-9,11,15,24H,4-5H2,1-3H3,(H3,19,20). The van der Waals surface area contributed by atoms with E-state index in [2.05, 4.69) is 12.1 Å². The van der Waals surface area contributed by atoms with Crippen molar-refractivity contribution in [2.24, 2.45) is 10.9 Å². The number of aromatic hydroxyl groups is 1. The van der Waals surface area contributed by atoms with E-state index < -0.39 is 0 Å². The SMILES string of the molecule is CCCc1nn(-c2ccc(O)cc2)c(C2C(C)=NOC2C)c1C(=N)N. The minimum Gasteiger partial charge on any atom is -0.508 e. The fourth-order valence-corrected chi connectivity index (χ4v) is 3.31. The average molecular weight is 341 g/mol. The van der Waals surface area contributed by atoms with E-state index in [4.69, 9.17) is 21.1 Å². The number of hydrogen-bond acceptors (Lipinski definition) is 5. The maximum absolute atomic E-state index is 9.58. The molecule has 7 heteroatoms. The Morgan fingerprint density at radius 1 is 1.36 bits per heavy atom. The van der Waals surface area contributed by atoms with Gasteiger partial charge in [0.15, 0.2) is 0 Å². The van der Waals surface area contributed by atoms with Gasteiger partial charge in [0.05, 0.1) is 34.3 Å². The van der Waals surface area contributed by atoms with Crippen LogP contribution in [0.25, 0.3) is 5.69 Å². The van der Waals surface area contributed by atoms with Gasteiger partial charge in [-0.2, -0.15) is 5.10 Å². The molecule has 0 fully saturated rings. The predicted octanol–water partition coefficient (Wildman–Crippen LogP) is 2.69. The Kier molecular flexibility index (Phi) is 4.48. The predicted molar refractivity (Wildman–Crippen MR) is 96.6 cm³/mol. The van der Waals surface area contributed by atoms with E-state index in [9.17, 15) is 5.11 Å². The highest BCUT2D eigenvalue weighted by atomic mass is 16.6. The zero-order chi connectivity index (χ0) is 18.1. The number of nitrogens with one attached hydrogen (secondary N) is 1. The number of nitrogen functional groups attached to an aromatic ring is 1. The molecule has 1 aliphatic rings. The Labute approximate surface area is 146 Å². The second-order valence-electron chi connectivity index (χ2n) is 6.32. The summed E-state index contributed by atoms with van der Waals surface area (Å²) >= 11 is 0. The molecular weight excluding hydrogens is 318 g/mol. The van der Waals surface area contributed by atoms with Crippen LogP contribution in [0.2, 0.25) is 0 Å². The summed E-state index contributed by atoms with van der Waals surface area (Å²) in [7, 11) is 0. The summed E-state index contributed by atoms with van der Waals surface area (Å²) in [5.41, 5.74) is 9.82. The maximum atomic E-state index is 9.58. The summed E-state index contributed by atoms with van der Waals surface area (Å²) in [6.45, 7) is 5.92. The minimum atomic E-state index is -0.167. The van der Waals surface area contributed by atoms with E-state index in [1.54, 1.807) is 28.9 Å². The smallest absolute Gasteiger partial charge is 0.138 e. The average Bonchev–Trinajstić information content (AvgIpc) is 3.08. The third-order valence-corrected chi connectivity index (χ3v) is 4.42. The maximum Gasteiger partial charge on any atom is 0.138 e. The summed E-state index contributed by atoms with van der Waals surface area (Å²) in [6, 6.07) is 6.81. The number of nitrogens with two attached hydrogens (primary N) is 1. The van der Waals surface area contributed by atoms with Crippen LogP contribution in [-0.2, 0) is 11.3 Å². The minimum absolute atomic E-state index is 0.00428. The lowest BCUT2D eigenvalue weighted by Crippen LogP contribution is -2.24. The topological polar surface area (TPSA) is 110 Å². The molecule has 1 aromatic carbocycles. The third kappa shape index (κ3) is 2.97. The quantitative estimate of drug-likeness (QED) is 0.573. The Morgan fingerprint density at radius 2 is 2.04 bits per heavy atom. The molecule has 0 radical (unpaired) electrons. The molecule has 0 aliphatic carbocycles. The van der Waals surface area contributed by atoms with E-state index in [0.29, 0.717) is 5.56 Å². The van der Waals surface area contributed by atoms with Crippen LogP contribution in [0.15, 0.2) is 29.4 Å². The lowest BCUT2D eigenvalue weighted by Gasteiger charge is -2.18. The van der Waals surface area contributed by atoms with E-state index in [0.717, 1.165) is 35.6 Å². The van der Waals surface area contributed by atoms with Crippen molar-refractivity contribution in [2.45, 2.75) is 45.6 Å². The number of hydrogen-bond donors (Lipinski definition) is 3. The van der Waals surface area contributed by atoms with Gasteiger partial charge in [0.2, 0.25) is 0 Å². The van der Waals surface area contributed by atoms with Crippen molar-refractivity contribution in [1.29, 1.82) is 5.41 Å². The van der Waals surface area contributed by atoms with Crippen LogP contribution in [0.5, 0.6) is 5.75 Å². The normalized spacial score (nSPS) is 19.6. The molecule has 0 amide bonds. The Morgan fingerprint density at radius 3 is 2.56 bits per heavy atom. The Bertz CT molecular complexity index is 823. The molecule has 1 aromatic heterocycles. The molecule has 1 aliphatic heterocycles. The molecule has 132 valence electrons. The number of rotatable bonds is 5. The van der Waals surface area contributed by atoms with E-state index >= 15 is 0 Å². The molecule has 0 bridgehead atoms. The van der Waals surface area contributed by atoms with Crippen LogP contribution in [0.3, 0.4) is 0 Å². The summed E-state index contributed by atoms with van der Waals surface area (Å²) in [5.74, 6) is 0.0505. The molecule has 7 nitrogen and oxygen atoms in total. The van der Waals surface area contributed by atoms with Crippen molar-refractivity contribution in [3.63, 3.8) is 0 Å². The van der Waals surface area contributed by atoms with Gasteiger partial charge in [-0.15, -0.1) is 0 Å². The highest BCUT2D eigenvalue weighted by Gasteiger charge is 2.37. The first-order valence-corrected chi connectivity index (χ1v) is 8.40. The second kappa shape index (κ2) is 6.58. The van der Waals surface area contributed by atoms with Gasteiger partial charge < -0.3 is 15.7 Å². The first-order chi connectivity index (χ1) is 11.9. The van der Waals surface area contributed by atoms with Crippen LogP contribution in [0, 0.1) is 5.41 Å². The molecule has 3 rings (SSSR count). The van der Waals surface area contributed by atoms with Crippen molar-refractivity contribution in [3.05, 3.63) is 41.2 Å². The molecule has 0 spiro atoms. The van der Waals surface area contributed by atoms with E-state index in [1.165, 1.54) is 0 Å². The molecule has 2 aromatic rings. The summed E-state index contributed by atoms with van der Waals surface area (Å²) in [6.07, 6.45) is 1.46. The van der Waals surface area contributed by atoms with E-state index in [1.807, 2.05) is 13.8 Å². The third-order valence-electron chi connectivity index (χ3n) is 4.42. The highest BCUT2D eigenvalue weighted by Crippen LogP contribution is 2.34. The van der Waals surface area contributed by atoms with Crippen LogP contribution < -0.4 is 5.73 Å². The second-order valence-corrected chi connectivity index (χ2v) is 6.32. The van der Waals surface area contributed by atoms with Gasteiger partial charge in [0.1, 0.15) is 17.7 Å². The number of phenolic OH excluding ortho intramolecular Hbond substituents is 1. The number of benzene rings is 1. The van der Waals surface area contributed by atoms with Crippen molar-refractivity contribution in [3.8, 4) is 11.4 Å². The fraction of sp³-hybridized carbons (Fsp3) is 0.389. The number of nitrogens with zero attached hydrogens (tertiary/aromatic N) is 3. The van der Waals surface area contributed by atoms with Crippen LogP contribution >= 0.6 is 0 Å². The molecule has 4 N–H and O–H groups in total. The lowest BCUT2D eigenvalue weighted by atomic mass is 9.91. The first kappa shape index (κ1) is 17.0. The van der Waals surface area contributed by atoms with E-state index in [-0.39, 0.29) is 23.6 Å². The van der Waals surface area contributed by atoms with Gasteiger partial charge in [-0.3, -0.25) is 5.41 Å². The Hall–Kier alpha value is -2.83. The molecular formula is C18H23N5O2. The lowest BCUT2D eigenvalue weighted by molar-refractivity contribution is 0.0894. The number of amidine groups is 1. The summed E-state index contributed by atoms with van der Waals surface area (Å²) in [5, 5.41) is 26.5. The van der Waals surface area contributed by atoms with Gasteiger partial charge in [0, 0.05) is 0 Å². The molecule has 2 unspecified atom stereocenters. The van der Waals surface area contributed by atoms with Crippen LogP contribution in [0.1, 0.15) is 50.1 Å². The van der Waals surface area contributed by atoms with Crippen molar-refractivity contribution in [1.82, 2.24) is 9.78 Å². The number of aromatic nitrogens is 2. The van der Waals surface area contributed by atoms with Gasteiger partial charge in [0.25, 0.3) is 0 Å². The van der Waals surface area contributed by atoms with Crippen molar-refractivity contribution < 1.29 is 9.94 Å². The van der Waals surface area contributed by atoms with Gasteiger partial charge in [-0.25, -0.2) is 4.68 Å². The number of aryl methyl sites for hydroxylation is 1. The zero-order valence-electron chi connectivity index (χ0n) is 14.7. The van der Waals surface area contributed by atoms with Gasteiger partial charge in [-0.1, -0.05) is 18.5 Å². The van der Waals surface area contributed by atoms with Crippen molar-refractivity contribution >= 4 is 11.5 Å². The molecule has 25 heavy (non-hydrogen) atoms. The molecule has 2 atom stereocenters. The van der Waals surface area contributed by atoms with Crippen LogP contribution in [0.4, 0.5) is 0 Å². The Balaban J connectivity index is 2.26. The molecule has 2 heterocycles. The highest BCUT2D eigenvalue weighted by molar-refractivity contribution is 6.00. The first-order valence-electron chi connectivity index (χ1n) is 8.40. The van der Waals surface area contributed by atoms with Gasteiger partial charge >= 0.3 is 0 Å². The van der Waals surface area contributed by atoms with Gasteiger partial charge in [-0.05, 0) is 44.5 Å². The monoisotopic (exact) mass is 341 g/mol. The largest absolute Gasteiger partial charge is 0.508 e. The molecule has 0 saturated heterocycles. The summed E-state index contributed by atoms with van der Waals surface area (Å²) in [4.78, 5) is 5.44. The molecule has 0 saturated carbocycles. The van der Waals surface area contributed by atoms with Crippen LogP contribution in [-0.4, -0.2) is 32.5 Å². The number of oxime groups is 1. The number of phenols is 1. The fourth-order valence-electron chi connectivity index (χ4n) is 3.31. The van der Waals surface area contributed by atoms with Crippen molar-refractivity contribution in [2.75, 3.05) is 0 Å².